The number of furan rings is 1. The summed E-state index contributed by atoms with van der Waals surface area (Å²) in [5.41, 5.74) is 2.96. The van der Waals surface area contributed by atoms with E-state index in [9.17, 15) is 9.59 Å². The number of hydrogen-bond donors (Lipinski definition) is 1. The number of carboxylic acids is 1. The van der Waals surface area contributed by atoms with Crippen molar-refractivity contribution in [3.05, 3.63) is 35.1 Å². The van der Waals surface area contributed by atoms with Crippen LogP contribution < -0.4 is 0 Å². The topological polar surface area (TPSA) is 70.8 Å². The van der Waals surface area contributed by atoms with Crippen molar-refractivity contribution in [1.29, 1.82) is 0 Å². The van der Waals surface area contributed by atoms with E-state index in [0.29, 0.717) is 17.9 Å². The first-order valence-electron chi connectivity index (χ1n) is 7.57. The maximum absolute atomic E-state index is 12.8. The first-order valence-corrected chi connectivity index (χ1v) is 8.72. The number of amides is 1. The van der Waals surface area contributed by atoms with Crippen molar-refractivity contribution in [2.24, 2.45) is 0 Å². The summed E-state index contributed by atoms with van der Waals surface area (Å²) in [5.74, 6) is 0.651. The van der Waals surface area contributed by atoms with E-state index in [-0.39, 0.29) is 24.1 Å². The van der Waals surface area contributed by atoms with Crippen molar-refractivity contribution in [2.45, 2.75) is 26.3 Å². The molecule has 0 bridgehead atoms. The molecule has 122 valence electrons. The molecule has 2 heterocycles. The minimum Gasteiger partial charge on any atom is -0.481 e. The van der Waals surface area contributed by atoms with Gasteiger partial charge in [0.15, 0.2) is 5.76 Å². The van der Waals surface area contributed by atoms with Gasteiger partial charge in [0.25, 0.3) is 5.91 Å². The predicted molar refractivity (Wildman–Crippen MR) is 90.1 cm³/mol. The third-order valence-electron chi connectivity index (χ3n) is 4.24. The van der Waals surface area contributed by atoms with Crippen molar-refractivity contribution < 1.29 is 19.1 Å². The number of nitrogens with zero attached hydrogens (tertiary/aromatic N) is 1. The standard InChI is InChI=1S/C17H19NO4S/c1-10-5-12-7-15(22-14(12)6-11(10)2)17(21)18-3-4-23-9-13(18)8-16(19)20/h5-7,13H,3-4,8-9H2,1-2H3,(H,19,20). The fourth-order valence-electron chi connectivity index (χ4n) is 2.84. The molecule has 1 amide bonds. The molecule has 1 N–H and O–H groups in total. The molecule has 0 spiro atoms. The monoisotopic (exact) mass is 333 g/mol. The number of thioether (sulfide) groups is 1. The van der Waals surface area contributed by atoms with Gasteiger partial charge in [-0.15, -0.1) is 0 Å². The molecule has 0 saturated carbocycles. The molecule has 1 unspecified atom stereocenters. The van der Waals surface area contributed by atoms with Crippen molar-refractivity contribution in [3.63, 3.8) is 0 Å². The summed E-state index contributed by atoms with van der Waals surface area (Å²) in [6.45, 7) is 4.58. The first kappa shape index (κ1) is 15.9. The van der Waals surface area contributed by atoms with Crippen LogP contribution in [0, 0.1) is 13.8 Å². The zero-order valence-corrected chi connectivity index (χ0v) is 14.0. The Morgan fingerprint density at radius 1 is 1.30 bits per heavy atom. The van der Waals surface area contributed by atoms with Crippen molar-refractivity contribution in [1.82, 2.24) is 4.90 Å². The van der Waals surface area contributed by atoms with Crippen LogP contribution >= 0.6 is 11.8 Å². The highest BCUT2D eigenvalue weighted by Gasteiger charge is 2.31. The second-order valence-electron chi connectivity index (χ2n) is 5.91. The predicted octanol–water partition coefficient (Wildman–Crippen LogP) is 3.08. The van der Waals surface area contributed by atoms with Crippen LogP contribution in [0.3, 0.4) is 0 Å². The number of fused-ring (bicyclic) bond motifs is 1. The smallest absolute Gasteiger partial charge is 0.305 e. The minimum absolute atomic E-state index is 0.0306. The summed E-state index contributed by atoms with van der Waals surface area (Å²) < 4.78 is 5.73. The average Bonchev–Trinajstić information content (AvgIpc) is 2.90. The molecule has 2 aromatic rings. The van der Waals surface area contributed by atoms with Crippen molar-refractivity contribution >= 4 is 34.6 Å². The summed E-state index contributed by atoms with van der Waals surface area (Å²) >= 11 is 1.68. The number of aryl methyl sites for hydroxylation is 2. The second kappa shape index (κ2) is 6.28. The molecule has 1 aliphatic rings. The molecule has 0 radical (unpaired) electrons. The fraction of sp³-hybridized carbons (Fsp3) is 0.412. The fourth-order valence-corrected chi connectivity index (χ4v) is 3.90. The van der Waals surface area contributed by atoms with E-state index in [1.807, 2.05) is 26.0 Å². The molecule has 23 heavy (non-hydrogen) atoms. The lowest BCUT2D eigenvalue weighted by Crippen LogP contribution is -2.47. The van der Waals surface area contributed by atoms with Gasteiger partial charge in [-0.1, -0.05) is 0 Å². The molecule has 3 rings (SSSR count). The van der Waals surface area contributed by atoms with Gasteiger partial charge in [0.05, 0.1) is 12.5 Å². The highest BCUT2D eigenvalue weighted by atomic mass is 32.2. The Balaban J connectivity index is 1.90. The molecule has 5 nitrogen and oxygen atoms in total. The SMILES string of the molecule is Cc1cc2cc(C(=O)N3CCSCC3CC(=O)O)oc2cc1C. The van der Waals surface area contributed by atoms with Crippen LogP contribution in [-0.4, -0.2) is 46.0 Å². The Labute approximate surface area is 138 Å². The quantitative estimate of drug-likeness (QED) is 0.934. The molecule has 1 fully saturated rings. The molecule has 6 heteroatoms. The van der Waals surface area contributed by atoms with Gasteiger partial charge in [0.1, 0.15) is 5.58 Å². The lowest BCUT2D eigenvalue weighted by Gasteiger charge is -2.33. The van der Waals surface area contributed by atoms with Gasteiger partial charge in [0.2, 0.25) is 0 Å². The highest BCUT2D eigenvalue weighted by Crippen LogP contribution is 2.26. The molecule has 1 aromatic heterocycles. The number of carbonyl (C=O) groups excluding carboxylic acids is 1. The van der Waals surface area contributed by atoms with E-state index in [2.05, 4.69) is 0 Å². The third kappa shape index (κ3) is 3.22. The van der Waals surface area contributed by atoms with Crippen LogP contribution in [-0.2, 0) is 4.79 Å². The zero-order valence-electron chi connectivity index (χ0n) is 13.2. The van der Waals surface area contributed by atoms with Gasteiger partial charge in [-0.05, 0) is 43.2 Å². The summed E-state index contributed by atoms with van der Waals surface area (Å²) in [7, 11) is 0. The Bertz CT molecular complexity index is 728. The summed E-state index contributed by atoms with van der Waals surface area (Å²) in [6, 6.07) is 5.41. The van der Waals surface area contributed by atoms with Crippen LogP contribution in [0.1, 0.15) is 28.1 Å². The third-order valence-corrected chi connectivity index (χ3v) is 5.33. The van der Waals surface area contributed by atoms with Crippen LogP contribution in [0.4, 0.5) is 0 Å². The van der Waals surface area contributed by atoms with E-state index in [1.54, 1.807) is 22.7 Å². The van der Waals surface area contributed by atoms with Gasteiger partial charge < -0.3 is 14.4 Å². The van der Waals surface area contributed by atoms with Crippen molar-refractivity contribution in [2.75, 3.05) is 18.1 Å². The van der Waals surface area contributed by atoms with Gasteiger partial charge in [0, 0.05) is 23.4 Å². The zero-order chi connectivity index (χ0) is 16.6. The Morgan fingerprint density at radius 3 is 2.78 bits per heavy atom. The molecule has 1 aliphatic heterocycles. The normalized spacial score (nSPS) is 18.3. The van der Waals surface area contributed by atoms with Crippen molar-refractivity contribution in [3.8, 4) is 0 Å². The molecular formula is C17H19NO4S. The van der Waals surface area contributed by atoms with Gasteiger partial charge in [-0.3, -0.25) is 9.59 Å². The summed E-state index contributed by atoms with van der Waals surface area (Å²) in [6.07, 6.45) is -0.0306. The Morgan fingerprint density at radius 2 is 2.04 bits per heavy atom. The van der Waals surface area contributed by atoms with Crippen LogP contribution in [0.2, 0.25) is 0 Å². The van der Waals surface area contributed by atoms with Gasteiger partial charge >= 0.3 is 5.97 Å². The summed E-state index contributed by atoms with van der Waals surface area (Å²) in [4.78, 5) is 25.4. The number of aliphatic carboxylic acids is 1. The van der Waals surface area contributed by atoms with Crippen LogP contribution in [0.15, 0.2) is 22.6 Å². The Hall–Kier alpha value is -1.95. The van der Waals surface area contributed by atoms with Crippen LogP contribution in [0.5, 0.6) is 0 Å². The maximum Gasteiger partial charge on any atom is 0.305 e. The number of benzene rings is 1. The molecule has 1 aromatic carbocycles. The lowest BCUT2D eigenvalue weighted by molar-refractivity contribution is -0.138. The molecule has 0 aliphatic carbocycles. The van der Waals surface area contributed by atoms with Crippen LogP contribution in [0.25, 0.3) is 11.0 Å². The number of carboxylic acid groups (broad SMARTS) is 1. The lowest BCUT2D eigenvalue weighted by atomic mass is 10.1. The minimum atomic E-state index is -0.883. The van der Waals surface area contributed by atoms with E-state index < -0.39 is 5.97 Å². The second-order valence-corrected chi connectivity index (χ2v) is 7.06. The molecular weight excluding hydrogens is 314 g/mol. The highest BCUT2D eigenvalue weighted by molar-refractivity contribution is 7.99. The maximum atomic E-state index is 12.8. The molecule has 1 atom stereocenters. The Kier molecular flexibility index (Phi) is 4.35. The van der Waals surface area contributed by atoms with Gasteiger partial charge in [-0.2, -0.15) is 11.8 Å². The van der Waals surface area contributed by atoms with E-state index in [4.69, 9.17) is 9.52 Å². The largest absolute Gasteiger partial charge is 0.481 e. The van der Waals surface area contributed by atoms with E-state index in [0.717, 1.165) is 22.3 Å². The number of carbonyl (C=O) groups is 2. The number of rotatable bonds is 3. The van der Waals surface area contributed by atoms with E-state index in [1.165, 1.54) is 0 Å². The molecule has 1 saturated heterocycles. The number of hydrogen-bond acceptors (Lipinski definition) is 4. The first-order chi connectivity index (χ1) is 11.0. The van der Waals surface area contributed by atoms with E-state index >= 15 is 0 Å². The summed E-state index contributed by atoms with van der Waals surface area (Å²) in [5, 5.41) is 9.94. The average molecular weight is 333 g/mol. The van der Waals surface area contributed by atoms with Gasteiger partial charge in [-0.25, -0.2) is 0 Å².